The van der Waals surface area contributed by atoms with Crippen molar-refractivity contribution in [1.82, 2.24) is 24.5 Å². The van der Waals surface area contributed by atoms with Crippen molar-refractivity contribution >= 4 is 17.0 Å². The molecule has 0 unspecified atom stereocenters. The van der Waals surface area contributed by atoms with E-state index in [9.17, 15) is 9.59 Å². The standard InChI is InChI=1S/C16H19N5O4/c1-5-24-15(23)12-6-10(19-25-12)8-20-9-17-13-11(14(20)22)7-18-21(13)16(2,3)4/h6-7,9H,5,8H2,1-4H3. The molecule has 0 N–H and O–H groups in total. The van der Waals surface area contributed by atoms with E-state index in [2.05, 4.69) is 15.2 Å². The molecule has 0 saturated heterocycles. The average molecular weight is 345 g/mol. The lowest BCUT2D eigenvalue weighted by Crippen LogP contribution is -2.25. The predicted octanol–water partition coefficient (Wildman–Crippen LogP) is 1.56. The monoisotopic (exact) mass is 345 g/mol. The molecule has 0 aromatic carbocycles. The summed E-state index contributed by atoms with van der Waals surface area (Å²) < 4.78 is 12.9. The number of fused-ring (bicyclic) bond motifs is 1. The molecule has 3 rings (SSSR count). The van der Waals surface area contributed by atoms with Crippen molar-refractivity contribution in [3.05, 3.63) is 40.4 Å². The van der Waals surface area contributed by atoms with Crippen LogP contribution in [0.25, 0.3) is 11.0 Å². The van der Waals surface area contributed by atoms with Gasteiger partial charge >= 0.3 is 5.97 Å². The fourth-order valence-corrected chi connectivity index (χ4v) is 2.41. The molecule has 0 amide bonds. The summed E-state index contributed by atoms with van der Waals surface area (Å²) in [6, 6.07) is 1.45. The van der Waals surface area contributed by atoms with E-state index in [4.69, 9.17) is 9.26 Å². The van der Waals surface area contributed by atoms with Gasteiger partial charge in [-0.25, -0.2) is 14.5 Å². The van der Waals surface area contributed by atoms with Crippen molar-refractivity contribution in [3.8, 4) is 0 Å². The van der Waals surface area contributed by atoms with Crippen molar-refractivity contribution in [1.29, 1.82) is 0 Å². The van der Waals surface area contributed by atoms with Gasteiger partial charge in [0, 0.05) is 6.07 Å². The molecule has 0 aliphatic carbocycles. The largest absolute Gasteiger partial charge is 0.460 e. The summed E-state index contributed by atoms with van der Waals surface area (Å²) in [5.41, 5.74) is 0.436. The zero-order chi connectivity index (χ0) is 18.2. The molecule has 9 nitrogen and oxygen atoms in total. The molecule has 0 radical (unpaired) electrons. The van der Waals surface area contributed by atoms with Gasteiger partial charge < -0.3 is 9.26 Å². The van der Waals surface area contributed by atoms with Crippen LogP contribution < -0.4 is 5.56 Å². The SMILES string of the molecule is CCOC(=O)c1cc(Cn2cnc3c(cnn3C(C)(C)C)c2=O)no1. The maximum atomic E-state index is 12.6. The second-order valence-corrected chi connectivity index (χ2v) is 6.55. The molecule has 3 heterocycles. The van der Waals surface area contributed by atoms with Crippen LogP contribution in [0.1, 0.15) is 43.9 Å². The summed E-state index contributed by atoms with van der Waals surface area (Å²) in [6.45, 7) is 8.03. The third-order valence-electron chi connectivity index (χ3n) is 3.56. The van der Waals surface area contributed by atoms with Crippen LogP contribution >= 0.6 is 0 Å². The van der Waals surface area contributed by atoms with Crippen LogP contribution in [0, 0.1) is 0 Å². The van der Waals surface area contributed by atoms with E-state index >= 15 is 0 Å². The van der Waals surface area contributed by atoms with Gasteiger partial charge in [-0.3, -0.25) is 9.36 Å². The Kier molecular flexibility index (Phi) is 4.15. The second kappa shape index (κ2) is 6.15. The minimum Gasteiger partial charge on any atom is -0.460 e. The van der Waals surface area contributed by atoms with Crippen LogP contribution in [0.4, 0.5) is 0 Å². The normalized spacial score (nSPS) is 11.8. The molecule has 0 saturated carbocycles. The first-order valence-electron chi connectivity index (χ1n) is 7.87. The minimum absolute atomic E-state index is 0.000474. The highest BCUT2D eigenvalue weighted by atomic mass is 16.6. The number of hydrogen-bond donors (Lipinski definition) is 0. The number of rotatable bonds is 4. The average Bonchev–Trinajstić information content (AvgIpc) is 3.17. The number of carbonyl (C=O) groups excluding carboxylic acids is 1. The number of aromatic nitrogens is 5. The maximum absolute atomic E-state index is 12.6. The summed E-state index contributed by atoms with van der Waals surface area (Å²) >= 11 is 0. The molecule has 9 heteroatoms. The molecule has 0 fully saturated rings. The fourth-order valence-electron chi connectivity index (χ4n) is 2.41. The first-order valence-corrected chi connectivity index (χ1v) is 7.87. The Balaban J connectivity index is 1.92. The van der Waals surface area contributed by atoms with Gasteiger partial charge in [0.1, 0.15) is 17.4 Å². The van der Waals surface area contributed by atoms with Crippen LogP contribution in [0.2, 0.25) is 0 Å². The molecule has 25 heavy (non-hydrogen) atoms. The van der Waals surface area contributed by atoms with Crippen molar-refractivity contribution in [2.45, 2.75) is 39.8 Å². The van der Waals surface area contributed by atoms with E-state index in [-0.39, 0.29) is 30.0 Å². The molecule has 3 aromatic rings. The Morgan fingerprint density at radius 2 is 2.12 bits per heavy atom. The van der Waals surface area contributed by atoms with Gasteiger partial charge in [-0.1, -0.05) is 5.16 Å². The van der Waals surface area contributed by atoms with E-state index in [1.54, 1.807) is 11.6 Å². The van der Waals surface area contributed by atoms with Crippen LogP contribution in [0.3, 0.4) is 0 Å². The number of carbonyl (C=O) groups is 1. The molecular weight excluding hydrogens is 326 g/mol. The molecule has 0 spiro atoms. The van der Waals surface area contributed by atoms with Gasteiger partial charge in [-0.05, 0) is 27.7 Å². The molecule has 0 aliphatic heterocycles. The second-order valence-electron chi connectivity index (χ2n) is 6.55. The highest BCUT2D eigenvalue weighted by Gasteiger charge is 2.20. The van der Waals surface area contributed by atoms with E-state index in [1.807, 2.05) is 20.8 Å². The van der Waals surface area contributed by atoms with E-state index in [0.29, 0.717) is 16.7 Å². The molecule has 3 aromatic heterocycles. The first-order chi connectivity index (χ1) is 11.8. The number of ether oxygens (including phenoxy) is 1. The Hall–Kier alpha value is -2.97. The van der Waals surface area contributed by atoms with Crippen molar-refractivity contribution in [3.63, 3.8) is 0 Å². The maximum Gasteiger partial charge on any atom is 0.377 e. The topological polar surface area (TPSA) is 105 Å². The van der Waals surface area contributed by atoms with Crippen molar-refractivity contribution in [2.75, 3.05) is 6.61 Å². The molecule has 0 atom stereocenters. The van der Waals surface area contributed by atoms with Gasteiger partial charge in [0.25, 0.3) is 5.56 Å². The lowest BCUT2D eigenvalue weighted by Gasteiger charge is -2.19. The Morgan fingerprint density at radius 1 is 1.36 bits per heavy atom. The zero-order valence-electron chi connectivity index (χ0n) is 14.5. The molecular formula is C16H19N5O4. The molecule has 0 aliphatic rings. The quantitative estimate of drug-likeness (QED) is 0.661. The summed E-state index contributed by atoms with van der Waals surface area (Å²) in [7, 11) is 0. The summed E-state index contributed by atoms with van der Waals surface area (Å²) in [5, 5.41) is 8.49. The Morgan fingerprint density at radius 3 is 2.80 bits per heavy atom. The smallest absolute Gasteiger partial charge is 0.377 e. The lowest BCUT2D eigenvalue weighted by atomic mass is 10.1. The third-order valence-corrected chi connectivity index (χ3v) is 3.56. The highest BCUT2D eigenvalue weighted by Crippen LogP contribution is 2.17. The Labute approximate surface area is 143 Å². The zero-order valence-corrected chi connectivity index (χ0v) is 14.5. The van der Waals surface area contributed by atoms with Crippen LogP contribution in [0.15, 0.2) is 27.9 Å². The number of esters is 1. The molecule has 0 bridgehead atoms. The van der Waals surface area contributed by atoms with Gasteiger partial charge in [-0.15, -0.1) is 0 Å². The van der Waals surface area contributed by atoms with Gasteiger partial charge in [0.15, 0.2) is 5.65 Å². The van der Waals surface area contributed by atoms with Crippen molar-refractivity contribution in [2.24, 2.45) is 0 Å². The van der Waals surface area contributed by atoms with Gasteiger partial charge in [0.05, 0.1) is 24.9 Å². The highest BCUT2D eigenvalue weighted by molar-refractivity contribution is 5.86. The predicted molar refractivity (Wildman–Crippen MR) is 88.3 cm³/mol. The van der Waals surface area contributed by atoms with E-state index < -0.39 is 5.97 Å². The first kappa shape index (κ1) is 16.9. The van der Waals surface area contributed by atoms with E-state index in [1.165, 1.54) is 23.2 Å². The number of hydrogen-bond acceptors (Lipinski definition) is 7. The minimum atomic E-state index is -0.589. The summed E-state index contributed by atoms with van der Waals surface area (Å²) in [4.78, 5) is 28.6. The van der Waals surface area contributed by atoms with Gasteiger partial charge in [0.2, 0.25) is 5.76 Å². The third kappa shape index (κ3) is 3.17. The van der Waals surface area contributed by atoms with E-state index in [0.717, 1.165) is 0 Å². The van der Waals surface area contributed by atoms with Crippen LogP contribution in [0.5, 0.6) is 0 Å². The summed E-state index contributed by atoms with van der Waals surface area (Å²) in [6.07, 6.45) is 2.95. The lowest BCUT2D eigenvalue weighted by molar-refractivity contribution is 0.0479. The molecule has 132 valence electrons. The number of nitrogens with zero attached hydrogens (tertiary/aromatic N) is 5. The van der Waals surface area contributed by atoms with Crippen molar-refractivity contribution < 1.29 is 14.1 Å². The van der Waals surface area contributed by atoms with Gasteiger partial charge in [-0.2, -0.15) is 5.10 Å². The van der Waals surface area contributed by atoms with Crippen LogP contribution in [-0.2, 0) is 16.8 Å². The van der Waals surface area contributed by atoms with Crippen LogP contribution in [-0.4, -0.2) is 37.1 Å². The summed E-state index contributed by atoms with van der Waals surface area (Å²) in [5.74, 6) is -0.590. The fraction of sp³-hybridized carbons (Fsp3) is 0.438. The Bertz CT molecular complexity index is 976.